The fraction of sp³-hybridized carbons (Fsp3) is 0.100. The van der Waals surface area contributed by atoms with Crippen molar-refractivity contribution >= 4 is 5.69 Å². The maximum absolute atomic E-state index is 12.5. The van der Waals surface area contributed by atoms with Crippen LogP contribution in [0, 0.1) is 0 Å². The number of hydrogen-bond acceptors (Lipinski definition) is 4. The molecule has 17 heavy (non-hydrogen) atoms. The zero-order chi connectivity index (χ0) is 12.5. The fourth-order valence-corrected chi connectivity index (χ4v) is 1.20. The second kappa shape index (κ2) is 4.00. The van der Waals surface area contributed by atoms with Crippen molar-refractivity contribution in [3.8, 4) is 11.5 Å². The van der Waals surface area contributed by atoms with Crippen molar-refractivity contribution < 1.29 is 13.2 Å². The van der Waals surface area contributed by atoms with Crippen LogP contribution in [0.1, 0.15) is 5.56 Å². The van der Waals surface area contributed by atoms with E-state index in [0.717, 1.165) is 18.3 Å². The van der Waals surface area contributed by atoms with Gasteiger partial charge in [0.05, 0.1) is 23.6 Å². The number of rotatable bonds is 1. The van der Waals surface area contributed by atoms with E-state index in [1.807, 2.05) is 0 Å². The third kappa shape index (κ3) is 2.49. The molecule has 4 nitrogen and oxygen atoms in total. The lowest BCUT2D eigenvalue weighted by atomic mass is 10.2. The predicted molar refractivity (Wildman–Crippen MR) is 54.7 cm³/mol. The molecule has 0 radical (unpaired) electrons. The van der Waals surface area contributed by atoms with E-state index < -0.39 is 11.7 Å². The molecule has 0 aliphatic carbocycles. The average molecular weight is 240 g/mol. The van der Waals surface area contributed by atoms with Crippen LogP contribution in [-0.4, -0.2) is 15.0 Å². The highest BCUT2D eigenvalue weighted by molar-refractivity contribution is 5.51. The number of anilines is 1. The van der Waals surface area contributed by atoms with Gasteiger partial charge < -0.3 is 5.73 Å². The Balaban J connectivity index is 2.43. The molecule has 0 fully saturated rings. The molecule has 0 amide bonds. The van der Waals surface area contributed by atoms with Crippen molar-refractivity contribution in [2.24, 2.45) is 0 Å². The zero-order valence-electron chi connectivity index (χ0n) is 8.44. The van der Waals surface area contributed by atoms with Gasteiger partial charge >= 0.3 is 6.18 Å². The largest absolute Gasteiger partial charge is 0.416 e. The number of halogens is 3. The summed E-state index contributed by atoms with van der Waals surface area (Å²) in [6, 6.07) is 1.78. The van der Waals surface area contributed by atoms with Crippen LogP contribution >= 0.6 is 0 Å². The van der Waals surface area contributed by atoms with Gasteiger partial charge in [0.1, 0.15) is 5.69 Å². The minimum absolute atomic E-state index is 0.0554. The summed E-state index contributed by atoms with van der Waals surface area (Å²) in [7, 11) is 0. The van der Waals surface area contributed by atoms with Crippen molar-refractivity contribution in [1.82, 2.24) is 15.0 Å². The molecule has 0 saturated carbocycles. The van der Waals surface area contributed by atoms with Gasteiger partial charge in [-0.1, -0.05) is 0 Å². The van der Waals surface area contributed by atoms with Gasteiger partial charge in [-0.3, -0.25) is 4.98 Å². The van der Waals surface area contributed by atoms with Gasteiger partial charge in [-0.25, -0.2) is 9.97 Å². The zero-order valence-corrected chi connectivity index (χ0v) is 8.44. The van der Waals surface area contributed by atoms with Gasteiger partial charge in [0.15, 0.2) is 5.82 Å². The standard InChI is InChI=1S/C10H7F3N4/c11-10(12,13)6-1-2-15-8(3-6)9-16-4-7(14)5-17-9/h1-5H,14H2. The molecule has 2 N–H and O–H groups in total. The van der Waals surface area contributed by atoms with Crippen LogP contribution in [0.15, 0.2) is 30.7 Å². The number of nitrogen functional groups attached to an aromatic ring is 1. The Hall–Kier alpha value is -2.18. The topological polar surface area (TPSA) is 64.7 Å². The molecule has 2 rings (SSSR count). The Morgan fingerprint density at radius 1 is 1.06 bits per heavy atom. The predicted octanol–water partition coefficient (Wildman–Crippen LogP) is 2.14. The Bertz CT molecular complexity index is 522. The second-order valence-corrected chi connectivity index (χ2v) is 3.27. The van der Waals surface area contributed by atoms with Crippen LogP contribution in [0.4, 0.5) is 18.9 Å². The number of alkyl halides is 3. The SMILES string of the molecule is Nc1cnc(-c2cc(C(F)(F)F)ccn2)nc1. The Labute approximate surface area is 94.3 Å². The average Bonchev–Trinajstić information content (AvgIpc) is 2.29. The first-order chi connectivity index (χ1) is 7.97. The fourth-order valence-electron chi connectivity index (χ4n) is 1.20. The molecule has 0 bridgehead atoms. The lowest BCUT2D eigenvalue weighted by Gasteiger charge is -2.07. The van der Waals surface area contributed by atoms with E-state index in [1.54, 1.807) is 0 Å². The molecule has 0 aliphatic heterocycles. The Morgan fingerprint density at radius 2 is 1.71 bits per heavy atom. The van der Waals surface area contributed by atoms with Crippen LogP contribution in [-0.2, 0) is 6.18 Å². The molecule has 88 valence electrons. The quantitative estimate of drug-likeness (QED) is 0.829. The molecule has 2 aromatic heterocycles. The van der Waals surface area contributed by atoms with Gasteiger partial charge in [-0.05, 0) is 12.1 Å². The monoisotopic (exact) mass is 240 g/mol. The molecular weight excluding hydrogens is 233 g/mol. The number of hydrogen-bond donors (Lipinski definition) is 1. The number of nitrogens with two attached hydrogens (primary N) is 1. The molecule has 2 aromatic rings. The summed E-state index contributed by atoms with van der Waals surface area (Å²) in [5.41, 5.74) is 4.98. The molecule has 0 unspecified atom stereocenters. The van der Waals surface area contributed by atoms with Gasteiger partial charge in [0.2, 0.25) is 0 Å². The first-order valence-corrected chi connectivity index (χ1v) is 4.58. The Morgan fingerprint density at radius 3 is 2.29 bits per heavy atom. The van der Waals surface area contributed by atoms with E-state index in [1.165, 1.54) is 12.4 Å². The lowest BCUT2D eigenvalue weighted by Crippen LogP contribution is -2.05. The third-order valence-corrected chi connectivity index (χ3v) is 1.99. The summed E-state index contributed by atoms with van der Waals surface area (Å²) < 4.78 is 37.4. The smallest absolute Gasteiger partial charge is 0.396 e. The van der Waals surface area contributed by atoms with Crippen molar-refractivity contribution in [3.63, 3.8) is 0 Å². The maximum Gasteiger partial charge on any atom is 0.416 e. The van der Waals surface area contributed by atoms with Crippen molar-refractivity contribution in [3.05, 3.63) is 36.3 Å². The van der Waals surface area contributed by atoms with Gasteiger partial charge in [0.25, 0.3) is 0 Å². The van der Waals surface area contributed by atoms with Gasteiger partial charge in [0, 0.05) is 6.20 Å². The normalized spacial score (nSPS) is 11.5. The highest BCUT2D eigenvalue weighted by Crippen LogP contribution is 2.30. The van der Waals surface area contributed by atoms with Crippen LogP contribution in [0.2, 0.25) is 0 Å². The first-order valence-electron chi connectivity index (χ1n) is 4.58. The molecule has 0 atom stereocenters. The molecule has 0 spiro atoms. The summed E-state index contributed by atoms with van der Waals surface area (Å²) in [6.45, 7) is 0. The van der Waals surface area contributed by atoms with Gasteiger partial charge in [-0.2, -0.15) is 13.2 Å². The van der Waals surface area contributed by atoms with Crippen molar-refractivity contribution in [2.75, 3.05) is 5.73 Å². The first kappa shape index (κ1) is 11.3. The summed E-state index contributed by atoms with van der Waals surface area (Å²) in [4.78, 5) is 11.4. The van der Waals surface area contributed by atoms with E-state index in [2.05, 4.69) is 15.0 Å². The van der Waals surface area contributed by atoms with Crippen molar-refractivity contribution in [1.29, 1.82) is 0 Å². The second-order valence-electron chi connectivity index (χ2n) is 3.27. The highest BCUT2D eigenvalue weighted by atomic mass is 19.4. The van der Waals surface area contributed by atoms with Crippen LogP contribution in [0.25, 0.3) is 11.5 Å². The van der Waals surface area contributed by atoms with Crippen LogP contribution in [0.5, 0.6) is 0 Å². The summed E-state index contributed by atoms with van der Waals surface area (Å²) >= 11 is 0. The molecule has 0 aromatic carbocycles. The lowest BCUT2D eigenvalue weighted by molar-refractivity contribution is -0.137. The summed E-state index contributed by atoms with van der Waals surface area (Å²) in [6.07, 6.45) is -0.724. The van der Waals surface area contributed by atoms with E-state index in [-0.39, 0.29) is 11.5 Å². The number of pyridine rings is 1. The van der Waals surface area contributed by atoms with E-state index in [0.29, 0.717) is 5.69 Å². The maximum atomic E-state index is 12.5. The molecule has 2 heterocycles. The number of nitrogens with zero attached hydrogens (tertiary/aromatic N) is 3. The van der Waals surface area contributed by atoms with Crippen LogP contribution in [0.3, 0.4) is 0 Å². The number of aromatic nitrogens is 3. The molecular formula is C10H7F3N4. The van der Waals surface area contributed by atoms with Crippen LogP contribution < -0.4 is 5.73 Å². The summed E-state index contributed by atoms with van der Waals surface area (Å²) in [5, 5.41) is 0. The van der Waals surface area contributed by atoms with E-state index in [9.17, 15) is 13.2 Å². The van der Waals surface area contributed by atoms with E-state index >= 15 is 0 Å². The Kier molecular flexibility index (Phi) is 2.66. The van der Waals surface area contributed by atoms with Gasteiger partial charge in [-0.15, -0.1) is 0 Å². The summed E-state index contributed by atoms with van der Waals surface area (Å²) in [5.74, 6) is 0.102. The van der Waals surface area contributed by atoms with E-state index in [4.69, 9.17) is 5.73 Å². The molecule has 0 saturated heterocycles. The molecule has 7 heteroatoms. The minimum Gasteiger partial charge on any atom is -0.396 e. The third-order valence-electron chi connectivity index (χ3n) is 1.99. The molecule has 0 aliphatic rings. The highest BCUT2D eigenvalue weighted by Gasteiger charge is 2.30. The minimum atomic E-state index is -4.41. The van der Waals surface area contributed by atoms with Crippen molar-refractivity contribution in [2.45, 2.75) is 6.18 Å².